The number of benzene rings is 1. The van der Waals surface area contributed by atoms with E-state index in [1.54, 1.807) is 0 Å². The number of rotatable bonds is 3. The normalized spacial score (nSPS) is 12.8. The van der Waals surface area contributed by atoms with Crippen molar-refractivity contribution in [2.24, 2.45) is 0 Å². The third kappa shape index (κ3) is 4.16. The molecule has 0 amide bonds. The maximum atomic E-state index is 2.23. The van der Waals surface area contributed by atoms with Crippen molar-refractivity contribution in [1.82, 2.24) is 0 Å². The van der Waals surface area contributed by atoms with Gasteiger partial charge < -0.3 is 0 Å². The van der Waals surface area contributed by atoms with Crippen molar-refractivity contribution in [2.75, 3.05) is 0 Å². The molecule has 15 heavy (non-hydrogen) atoms. The Balaban J connectivity index is 2.69. The minimum Gasteiger partial charge on any atom is -0.0773 e. The highest BCUT2D eigenvalue weighted by atomic mass is 14.0. The molecule has 1 atom stereocenters. The van der Waals surface area contributed by atoms with Crippen LogP contribution in [0.1, 0.15) is 37.8 Å². The number of aryl methyl sites for hydroxylation is 1. The minimum absolute atomic E-state index is 0.487. The van der Waals surface area contributed by atoms with Gasteiger partial charge in [-0.2, -0.15) is 0 Å². The lowest BCUT2D eigenvalue weighted by molar-refractivity contribution is 0.966. The number of hydrogen-bond donors (Lipinski definition) is 0. The van der Waals surface area contributed by atoms with Crippen molar-refractivity contribution >= 4 is 0 Å². The first-order valence-corrected chi connectivity index (χ1v) is 5.48. The van der Waals surface area contributed by atoms with Crippen LogP contribution < -0.4 is 0 Å². The summed E-state index contributed by atoms with van der Waals surface area (Å²) in [7, 11) is 0. The molecule has 0 aliphatic heterocycles. The minimum atomic E-state index is 0.487. The molecule has 0 saturated heterocycles. The molecule has 0 fully saturated rings. The SMILES string of the molecule is CC(C)=C/C=C/C(C)c1ccc(C)cc1. The van der Waals surface area contributed by atoms with Crippen LogP contribution in [0, 0.1) is 6.92 Å². The zero-order valence-electron chi connectivity index (χ0n) is 10.1. The maximum absolute atomic E-state index is 2.23. The third-order valence-electron chi connectivity index (χ3n) is 2.43. The summed E-state index contributed by atoms with van der Waals surface area (Å²) >= 11 is 0. The van der Waals surface area contributed by atoms with Crippen LogP contribution in [0.25, 0.3) is 0 Å². The quantitative estimate of drug-likeness (QED) is 0.624. The summed E-state index contributed by atoms with van der Waals surface area (Å²) in [5, 5.41) is 0. The second kappa shape index (κ2) is 5.55. The third-order valence-corrected chi connectivity index (χ3v) is 2.43. The van der Waals surface area contributed by atoms with E-state index in [0.29, 0.717) is 5.92 Å². The zero-order chi connectivity index (χ0) is 11.3. The summed E-state index contributed by atoms with van der Waals surface area (Å²) in [6.07, 6.45) is 6.52. The molecule has 1 rings (SSSR count). The predicted molar refractivity (Wildman–Crippen MR) is 68.2 cm³/mol. The zero-order valence-corrected chi connectivity index (χ0v) is 10.1. The molecule has 0 bridgehead atoms. The Morgan fingerprint density at radius 2 is 1.73 bits per heavy atom. The molecule has 1 aromatic carbocycles. The Morgan fingerprint density at radius 1 is 1.13 bits per heavy atom. The molecule has 0 heteroatoms. The largest absolute Gasteiger partial charge is 0.0773 e. The van der Waals surface area contributed by atoms with Gasteiger partial charge in [-0.15, -0.1) is 0 Å². The molecule has 0 saturated carbocycles. The number of hydrogen-bond acceptors (Lipinski definition) is 0. The van der Waals surface area contributed by atoms with Crippen LogP contribution in [-0.4, -0.2) is 0 Å². The van der Waals surface area contributed by atoms with Crippen molar-refractivity contribution in [1.29, 1.82) is 0 Å². The summed E-state index contributed by atoms with van der Waals surface area (Å²) in [5.41, 5.74) is 4.03. The van der Waals surface area contributed by atoms with E-state index in [4.69, 9.17) is 0 Å². The van der Waals surface area contributed by atoms with Gasteiger partial charge in [-0.05, 0) is 32.3 Å². The molecule has 0 N–H and O–H groups in total. The fourth-order valence-electron chi connectivity index (χ4n) is 1.40. The van der Waals surface area contributed by atoms with E-state index in [-0.39, 0.29) is 0 Å². The molecule has 0 nitrogen and oxygen atoms in total. The molecule has 0 aromatic heterocycles. The van der Waals surface area contributed by atoms with Gasteiger partial charge in [0.25, 0.3) is 0 Å². The highest BCUT2D eigenvalue weighted by Crippen LogP contribution is 2.17. The van der Waals surface area contributed by atoms with E-state index in [2.05, 4.69) is 70.2 Å². The van der Waals surface area contributed by atoms with Gasteiger partial charge in [-0.3, -0.25) is 0 Å². The average Bonchev–Trinajstić information content (AvgIpc) is 2.18. The average molecular weight is 200 g/mol. The molecule has 1 aromatic rings. The van der Waals surface area contributed by atoms with Crippen LogP contribution >= 0.6 is 0 Å². The van der Waals surface area contributed by atoms with Crippen molar-refractivity contribution < 1.29 is 0 Å². The van der Waals surface area contributed by atoms with Gasteiger partial charge >= 0.3 is 0 Å². The van der Waals surface area contributed by atoms with Crippen LogP contribution in [0.5, 0.6) is 0 Å². The first-order valence-electron chi connectivity index (χ1n) is 5.48. The van der Waals surface area contributed by atoms with Gasteiger partial charge in [0.2, 0.25) is 0 Å². The lowest BCUT2D eigenvalue weighted by Crippen LogP contribution is -1.88. The molecular formula is C15H20. The second-order valence-corrected chi connectivity index (χ2v) is 4.33. The molecule has 0 heterocycles. The summed E-state index contributed by atoms with van der Waals surface area (Å²) in [6, 6.07) is 8.74. The summed E-state index contributed by atoms with van der Waals surface area (Å²) in [5.74, 6) is 0.487. The molecule has 0 spiro atoms. The smallest absolute Gasteiger partial charge is 0.000732 e. The molecule has 1 unspecified atom stereocenters. The van der Waals surface area contributed by atoms with E-state index in [9.17, 15) is 0 Å². The van der Waals surface area contributed by atoms with Gasteiger partial charge in [0.15, 0.2) is 0 Å². The summed E-state index contributed by atoms with van der Waals surface area (Å²) in [4.78, 5) is 0. The molecule has 0 aliphatic carbocycles. The monoisotopic (exact) mass is 200 g/mol. The van der Waals surface area contributed by atoms with Crippen molar-refractivity contribution in [3.05, 3.63) is 59.2 Å². The van der Waals surface area contributed by atoms with Crippen LogP contribution in [0.15, 0.2) is 48.1 Å². The van der Waals surface area contributed by atoms with E-state index in [0.717, 1.165) is 0 Å². The first kappa shape index (κ1) is 11.8. The lowest BCUT2D eigenvalue weighted by atomic mass is 9.99. The van der Waals surface area contributed by atoms with Crippen LogP contribution in [0.4, 0.5) is 0 Å². The Labute approximate surface area is 93.3 Å². The van der Waals surface area contributed by atoms with Crippen LogP contribution in [-0.2, 0) is 0 Å². The molecule has 80 valence electrons. The van der Waals surface area contributed by atoms with Gasteiger partial charge in [-0.1, -0.05) is 60.6 Å². The first-order chi connectivity index (χ1) is 7.09. The molecule has 0 aliphatic rings. The van der Waals surface area contributed by atoms with Crippen molar-refractivity contribution in [3.8, 4) is 0 Å². The highest BCUT2D eigenvalue weighted by molar-refractivity contribution is 5.27. The van der Waals surface area contributed by atoms with E-state index >= 15 is 0 Å². The fraction of sp³-hybridized carbons (Fsp3) is 0.333. The molecule has 0 radical (unpaired) electrons. The van der Waals surface area contributed by atoms with E-state index in [1.807, 2.05) is 0 Å². The van der Waals surface area contributed by atoms with E-state index < -0.39 is 0 Å². The predicted octanol–water partition coefficient (Wildman–Crippen LogP) is 4.62. The summed E-state index contributed by atoms with van der Waals surface area (Å²) in [6.45, 7) is 8.56. The Hall–Kier alpha value is -1.30. The van der Waals surface area contributed by atoms with Crippen molar-refractivity contribution in [2.45, 2.75) is 33.6 Å². The lowest BCUT2D eigenvalue weighted by Gasteiger charge is -2.06. The Bertz CT molecular complexity index is 348. The van der Waals surface area contributed by atoms with Crippen LogP contribution in [0.2, 0.25) is 0 Å². The molecular weight excluding hydrogens is 180 g/mol. The second-order valence-electron chi connectivity index (χ2n) is 4.33. The van der Waals surface area contributed by atoms with Gasteiger partial charge in [0, 0.05) is 0 Å². The topological polar surface area (TPSA) is 0 Å². The van der Waals surface area contributed by atoms with Gasteiger partial charge in [0.05, 0.1) is 0 Å². The van der Waals surface area contributed by atoms with E-state index in [1.165, 1.54) is 16.7 Å². The van der Waals surface area contributed by atoms with Gasteiger partial charge in [-0.25, -0.2) is 0 Å². The van der Waals surface area contributed by atoms with Crippen LogP contribution in [0.3, 0.4) is 0 Å². The highest BCUT2D eigenvalue weighted by Gasteiger charge is 1.99. The maximum Gasteiger partial charge on any atom is -0.000732 e. The Morgan fingerprint density at radius 3 is 2.27 bits per heavy atom. The number of allylic oxidation sites excluding steroid dienone is 4. The van der Waals surface area contributed by atoms with Crippen molar-refractivity contribution in [3.63, 3.8) is 0 Å². The fourth-order valence-corrected chi connectivity index (χ4v) is 1.40. The standard InChI is InChI=1S/C15H20/c1-12(2)6-5-7-14(4)15-10-8-13(3)9-11-15/h5-11,14H,1-4H3/b7-5+. The van der Waals surface area contributed by atoms with Gasteiger partial charge in [0.1, 0.15) is 0 Å². The Kier molecular flexibility index (Phi) is 4.36. The summed E-state index contributed by atoms with van der Waals surface area (Å²) < 4.78 is 0.